The molecule has 1 atom stereocenters. The van der Waals surface area contributed by atoms with Crippen molar-refractivity contribution in [3.05, 3.63) is 0 Å². The van der Waals surface area contributed by atoms with Crippen LogP contribution in [0.5, 0.6) is 0 Å². The van der Waals surface area contributed by atoms with Gasteiger partial charge in [-0.25, -0.2) is 0 Å². The van der Waals surface area contributed by atoms with Gasteiger partial charge in [0.15, 0.2) is 0 Å². The van der Waals surface area contributed by atoms with Gasteiger partial charge in [0, 0.05) is 15.0 Å². The highest BCUT2D eigenvalue weighted by Gasteiger charge is 1.94. The summed E-state index contributed by atoms with van der Waals surface area (Å²) in [5.41, 5.74) is 0. The summed E-state index contributed by atoms with van der Waals surface area (Å²) in [6.07, 6.45) is 0. The van der Waals surface area contributed by atoms with Crippen LogP contribution in [0.1, 0.15) is 13.8 Å². The molecule has 0 saturated heterocycles. The Morgan fingerprint density at radius 3 is 2.00 bits per heavy atom. The van der Waals surface area contributed by atoms with Gasteiger partial charge in [0.25, 0.3) is 0 Å². The molecule has 0 saturated carbocycles. The minimum absolute atomic E-state index is 0.245. The smallest absolute Gasteiger partial charge is 0.0506 e. The summed E-state index contributed by atoms with van der Waals surface area (Å²) in [4.78, 5) is 0. The molecule has 0 aromatic heterocycles. The van der Waals surface area contributed by atoms with Gasteiger partial charge in [-0.15, -0.1) is 0 Å². The highest BCUT2D eigenvalue weighted by Crippen LogP contribution is 1.92. The molecule has 0 heterocycles. The van der Waals surface area contributed by atoms with Crippen molar-refractivity contribution in [2.45, 2.75) is 19.1 Å². The molecule has 0 aliphatic carbocycles. The van der Waals surface area contributed by atoms with E-state index in [4.69, 9.17) is 15.4 Å². The fourth-order valence-corrected chi connectivity index (χ4v) is 0.577. The predicted octanol–water partition coefficient (Wildman–Crippen LogP) is 1.04. The van der Waals surface area contributed by atoms with Crippen LogP contribution in [0.2, 0.25) is 0 Å². The molecule has 3 heteroatoms. The molecule has 0 radical (unpaired) electrons. The Kier molecular flexibility index (Phi) is 3.79. The van der Waals surface area contributed by atoms with Gasteiger partial charge >= 0.3 is 0 Å². The Morgan fingerprint density at radius 2 is 2.00 bits per heavy atom. The monoisotopic (exact) mass is 138 g/mol. The van der Waals surface area contributed by atoms with E-state index in [9.17, 15) is 0 Å². The van der Waals surface area contributed by atoms with Crippen molar-refractivity contribution in [2.24, 2.45) is 0 Å². The topological polar surface area (TPSA) is 9.23 Å². The zero-order valence-electron chi connectivity index (χ0n) is 4.80. The number of rotatable bonds is 2. The fraction of sp³-hybridized carbons (Fsp3) is 1.00. The van der Waals surface area contributed by atoms with Crippen molar-refractivity contribution in [1.29, 1.82) is 0 Å². The second-order valence-electron chi connectivity index (χ2n) is 1.48. The Morgan fingerprint density at radius 1 is 1.57 bits per heavy atom. The molecule has 0 aliphatic rings. The quantitative estimate of drug-likeness (QED) is 0.564. The lowest BCUT2D eigenvalue weighted by Gasteiger charge is -2.02. The third-order valence-electron chi connectivity index (χ3n) is 0.549. The normalized spacial score (nSPS) is 14.9. The molecule has 0 N–H and O–H groups in total. The van der Waals surface area contributed by atoms with E-state index in [1.54, 1.807) is 7.11 Å². The van der Waals surface area contributed by atoms with Crippen LogP contribution in [0.4, 0.5) is 0 Å². The van der Waals surface area contributed by atoms with Crippen molar-refractivity contribution in [3.63, 3.8) is 0 Å². The minimum atomic E-state index is -0.245. The maximum absolute atomic E-state index is 4.87. The predicted molar refractivity (Wildman–Crippen MR) is 36.9 cm³/mol. The van der Waals surface area contributed by atoms with Crippen LogP contribution in [0, 0.1) is 0 Å². The van der Waals surface area contributed by atoms with Crippen molar-refractivity contribution < 1.29 is 4.18 Å². The van der Waals surface area contributed by atoms with Crippen LogP contribution in [0.25, 0.3) is 0 Å². The lowest BCUT2D eigenvalue weighted by Crippen LogP contribution is -2.04. The van der Waals surface area contributed by atoms with Gasteiger partial charge < -0.3 is 4.18 Å². The molecule has 0 aromatic rings. The van der Waals surface area contributed by atoms with Gasteiger partial charge in [-0.1, -0.05) is 13.8 Å². The highest BCUT2D eigenvalue weighted by molar-refractivity contribution is 8.26. The molecule has 0 fully saturated rings. The molecule has 0 aliphatic heterocycles. The molecule has 7 heavy (non-hydrogen) atoms. The first kappa shape index (κ1) is 7.53. The maximum atomic E-state index is 4.87. The average Bonchev–Trinajstić information content (AvgIpc) is 1.65. The first-order valence-corrected chi connectivity index (χ1v) is 4.27. The molecule has 0 bridgehead atoms. The summed E-state index contributed by atoms with van der Waals surface area (Å²) in [7, 11) is 1.40. The van der Waals surface area contributed by atoms with Gasteiger partial charge in [-0.05, 0) is 11.2 Å². The Bertz CT molecular complexity index is 70.1. The summed E-state index contributed by atoms with van der Waals surface area (Å²) < 4.78 is 4.85. The zero-order valence-corrected chi connectivity index (χ0v) is 6.44. The van der Waals surface area contributed by atoms with Gasteiger partial charge in [0.2, 0.25) is 0 Å². The molecule has 0 aromatic carbocycles. The lowest BCUT2D eigenvalue weighted by atomic mass is 10.6. The van der Waals surface area contributed by atoms with E-state index in [0.29, 0.717) is 5.25 Å². The van der Waals surface area contributed by atoms with E-state index in [0.717, 1.165) is 0 Å². The van der Waals surface area contributed by atoms with Crippen molar-refractivity contribution in [1.82, 2.24) is 0 Å². The summed E-state index contributed by atoms with van der Waals surface area (Å²) in [5.74, 6) is 0. The average molecular weight is 138 g/mol. The lowest BCUT2D eigenvalue weighted by molar-refractivity contribution is 0.479. The first-order chi connectivity index (χ1) is 3.18. The van der Waals surface area contributed by atoms with Crippen LogP contribution in [0.3, 0.4) is 0 Å². The van der Waals surface area contributed by atoms with E-state index in [1.807, 2.05) is 0 Å². The highest BCUT2D eigenvalue weighted by atomic mass is 32.8. The molecule has 1 unspecified atom stereocenters. The van der Waals surface area contributed by atoms with E-state index in [-0.39, 0.29) is 9.74 Å². The Balaban J connectivity index is 3.35. The van der Waals surface area contributed by atoms with Crippen LogP contribution >= 0.6 is 0 Å². The molecule has 0 spiro atoms. The van der Waals surface area contributed by atoms with E-state index in [1.165, 1.54) is 0 Å². The minimum Gasteiger partial charge on any atom is -0.315 e. The second kappa shape index (κ2) is 3.52. The summed E-state index contributed by atoms with van der Waals surface area (Å²) in [6, 6.07) is 0. The SMILES string of the molecule is COS(=S)C(C)C. The maximum Gasteiger partial charge on any atom is 0.0506 e. The van der Waals surface area contributed by atoms with Gasteiger partial charge in [-0.2, -0.15) is 0 Å². The Hall–Kier alpha value is 0.530. The third kappa shape index (κ3) is 3.14. The van der Waals surface area contributed by atoms with Crippen LogP contribution in [0.15, 0.2) is 0 Å². The molecule has 44 valence electrons. The van der Waals surface area contributed by atoms with Crippen molar-refractivity contribution in [3.8, 4) is 0 Å². The second-order valence-corrected chi connectivity index (χ2v) is 4.26. The largest absolute Gasteiger partial charge is 0.315 e. The number of hydrogen-bond acceptors (Lipinski definition) is 2. The molecule has 1 nitrogen and oxygen atoms in total. The fourth-order valence-electron chi connectivity index (χ4n) is 0.192. The van der Waals surface area contributed by atoms with Crippen LogP contribution in [-0.2, 0) is 25.1 Å². The Labute approximate surface area is 51.9 Å². The molecule has 0 rings (SSSR count). The number of hydrogen-bond donors (Lipinski definition) is 0. The van der Waals surface area contributed by atoms with E-state index >= 15 is 0 Å². The third-order valence-corrected chi connectivity index (χ3v) is 3.21. The van der Waals surface area contributed by atoms with Gasteiger partial charge in [0.1, 0.15) is 0 Å². The van der Waals surface area contributed by atoms with Gasteiger partial charge in [0.05, 0.1) is 7.11 Å². The van der Waals surface area contributed by atoms with E-state index < -0.39 is 0 Å². The molecular weight excluding hydrogens is 128 g/mol. The van der Waals surface area contributed by atoms with Crippen LogP contribution in [-0.4, -0.2) is 12.4 Å². The zero-order chi connectivity index (χ0) is 5.86. The van der Waals surface area contributed by atoms with E-state index in [2.05, 4.69) is 13.8 Å². The molecule has 0 amide bonds. The standard InChI is InChI=1S/C4H10OS2/c1-4(2)7(6)5-3/h4H,1-3H3. The van der Waals surface area contributed by atoms with Crippen molar-refractivity contribution in [2.75, 3.05) is 7.11 Å². The first-order valence-electron chi connectivity index (χ1n) is 2.13. The summed E-state index contributed by atoms with van der Waals surface area (Å²) in [5, 5.41) is 0.486. The van der Waals surface area contributed by atoms with Crippen LogP contribution < -0.4 is 0 Å². The molecular formula is C4H10OS2. The van der Waals surface area contributed by atoms with Gasteiger partial charge in [-0.3, -0.25) is 0 Å². The van der Waals surface area contributed by atoms with Crippen molar-refractivity contribution >= 4 is 20.9 Å². The summed E-state index contributed by atoms with van der Waals surface area (Å²) >= 11 is 4.87. The summed E-state index contributed by atoms with van der Waals surface area (Å²) in [6.45, 7) is 4.11.